The van der Waals surface area contributed by atoms with Crippen LogP contribution in [0.3, 0.4) is 0 Å². The van der Waals surface area contributed by atoms with E-state index in [0.717, 1.165) is 17.1 Å². The maximum atomic E-state index is 13.9. The van der Waals surface area contributed by atoms with Gasteiger partial charge in [-0.2, -0.15) is 4.31 Å². The summed E-state index contributed by atoms with van der Waals surface area (Å²) >= 11 is 0. The molecule has 0 spiro atoms. The average molecular weight is 542 g/mol. The molecule has 3 aromatic rings. The smallest absolute Gasteiger partial charge is 0.321 e. The Morgan fingerprint density at radius 2 is 1.87 bits per heavy atom. The monoisotopic (exact) mass is 541 g/mol. The number of nitrogens with zero attached hydrogens (tertiary/aromatic N) is 3. The van der Waals surface area contributed by atoms with Crippen molar-refractivity contribution in [1.82, 2.24) is 19.5 Å². The van der Waals surface area contributed by atoms with Crippen molar-refractivity contribution in [1.29, 1.82) is 0 Å². The van der Waals surface area contributed by atoms with Crippen molar-refractivity contribution in [3.05, 3.63) is 66.6 Å². The first kappa shape index (κ1) is 26.0. The van der Waals surface area contributed by atoms with Crippen molar-refractivity contribution in [2.24, 2.45) is 0 Å². The molecule has 2 atom stereocenters. The van der Waals surface area contributed by atoms with Gasteiger partial charge in [-0.25, -0.2) is 17.6 Å². The minimum atomic E-state index is -4.15. The first-order valence-corrected chi connectivity index (χ1v) is 13.8. The lowest BCUT2D eigenvalue weighted by atomic mass is 10.2. The van der Waals surface area contributed by atoms with E-state index in [-0.39, 0.29) is 37.2 Å². The molecule has 0 saturated carbocycles. The molecule has 38 heavy (non-hydrogen) atoms. The lowest BCUT2D eigenvalue weighted by Gasteiger charge is -2.39. The molecule has 2 unspecified atom stereocenters. The molecule has 2 aromatic carbocycles. The van der Waals surface area contributed by atoms with Gasteiger partial charge >= 0.3 is 6.03 Å². The highest BCUT2D eigenvalue weighted by Gasteiger charge is 2.42. The predicted molar refractivity (Wildman–Crippen MR) is 138 cm³/mol. The van der Waals surface area contributed by atoms with Gasteiger partial charge < -0.3 is 20.3 Å². The summed E-state index contributed by atoms with van der Waals surface area (Å²) in [6, 6.07) is 12.0. The van der Waals surface area contributed by atoms with Gasteiger partial charge in [0.05, 0.1) is 11.6 Å². The molecule has 2 saturated heterocycles. The molecule has 10 nitrogen and oxygen atoms in total. The molecule has 2 fully saturated rings. The summed E-state index contributed by atoms with van der Waals surface area (Å²) in [6.45, 7) is 0.666. The minimum absolute atomic E-state index is 0.00302. The van der Waals surface area contributed by atoms with E-state index < -0.39 is 33.8 Å². The Hall–Kier alpha value is -3.61. The molecule has 0 bridgehead atoms. The first-order chi connectivity index (χ1) is 18.3. The SMILES string of the molecule is O=C(NCC1CCCO1)C1CN(C(=O)Nc2ccc(F)cc2)CCN1S(=O)(=O)c1cccc2cccnc12. The van der Waals surface area contributed by atoms with Crippen LogP contribution in [0.1, 0.15) is 12.8 Å². The number of halogens is 1. The van der Waals surface area contributed by atoms with Crippen LogP contribution in [0.15, 0.2) is 65.7 Å². The van der Waals surface area contributed by atoms with Gasteiger partial charge in [0.1, 0.15) is 16.8 Å². The summed E-state index contributed by atoms with van der Waals surface area (Å²) in [5.41, 5.74) is 0.692. The molecule has 200 valence electrons. The highest BCUT2D eigenvalue weighted by Crippen LogP contribution is 2.27. The van der Waals surface area contributed by atoms with Crippen LogP contribution in [0.5, 0.6) is 0 Å². The van der Waals surface area contributed by atoms with Gasteiger partial charge in [0, 0.05) is 50.1 Å². The molecular weight excluding hydrogens is 513 g/mol. The van der Waals surface area contributed by atoms with Crippen LogP contribution in [0, 0.1) is 5.82 Å². The fourth-order valence-corrected chi connectivity index (χ4v) is 6.47. The third-order valence-corrected chi connectivity index (χ3v) is 8.67. The van der Waals surface area contributed by atoms with Crippen molar-refractivity contribution >= 4 is 38.6 Å². The molecule has 0 radical (unpaired) electrons. The molecule has 5 rings (SSSR count). The summed E-state index contributed by atoms with van der Waals surface area (Å²) in [7, 11) is -4.15. The number of sulfonamides is 1. The summed E-state index contributed by atoms with van der Waals surface area (Å²) in [6.07, 6.45) is 3.09. The number of hydrogen-bond acceptors (Lipinski definition) is 6. The van der Waals surface area contributed by atoms with E-state index in [1.165, 1.54) is 41.4 Å². The van der Waals surface area contributed by atoms with Crippen LogP contribution in [0.25, 0.3) is 10.9 Å². The van der Waals surface area contributed by atoms with Crippen molar-refractivity contribution in [2.75, 3.05) is 38.1 Å². The molecule has 0 aliphatic carbocycles. The van der Waals surface area contributed by atoms with Gasteiger partial charge in [-0.3, -0.25) is 9.78 Å². The Morgan fingerprint density at radius 1 is 1.08 bits per heavy atom. The Morgan fingerprint density at radius 3 is 2.63 bits per heavy atom. The maximum absolute atomic E-state index is 13.9. The number of benzene rings is 2. The number of anilines is 1. The Kier molecular flexibility index (Phi) is 7.54. The average Bonchev–Trinajstić information content (AvgIpc) is 3.46. The standard InChI is InChI=1S/C26H28FN5O5S/c27-19-8-10-20(11-9-19)30-26(34)31-13-14-32(22(17-31)25(33)29-16-21-6-3-15-37-21)38(35,36)23-7-1-4-18-5-2-12-28-24(18)23/h1-2,4-5,7-12,21-22H,3,6,13-17H2,(H,29,33)(H,30,34). The van der Waals surface area contributed by atoms with Gasteiger partial charge in [-0.15, -0.1) is 0 Å². The van der Waals surface area contributed by atoms with Crippen LogP contribution in [0.2, 0.25) is 0 Å². The van der Waals surface area contributed by atoms with Crippen molar-refractivity contribution in [2.45, 2.75) is 29.9 Å². The molecular formula is C26H28FN5O5S. The Labute approximate surface area is 219 Å². The van der Waals surface area contributed by atoms with Crippen LogP contribution in [0.4, 0.5) is 14.9 Å². The van der Waals surface area contributed by atoms with E-state index in [0.29, 0.717) is 23.2 Å². The van der Waals surface area contributed by atoms with E-state index in [4.69, 9.17) is 4.74 Å². The number of urea groups is 1. The summed E-state index contributed by atoms with van der Waals surface area (Å²) in [5, 5.41) is 6.15. The van der Waals surface area contributed by atoms with Crippen LogP contribution in [-0.2, 0) is 19.6 Å². The number of nitrogens with one attached hydrogen (secondary N) is 2. The molecule has 3 heterocycles. The van der Waals surface area contributed by atoms with Gasteiger partial charge in [0.2, 0.25) is 15.9 Å². The van der Waals surface area contributed by atoms with E-state index in [2.05, 4.69) is 15.6 Å². The fourth-order valence-electron chi connectivity index (χ4n) is 4.74. The third kappa shape index (κ3) is 5.47. The van der Waals surface area contributed by atoms with Crippen LogP contribution in [-0.4, -0.2) is 79.5 Å². The quantitative estimate of drug-likeness (QED) is 0.495. The number of pyridine rings is 1. The van der Waals surface area contributed by atoms with Gasteiger partial charge in [0.15, 0.2) is 0 Å². The number of amides is 3. The number of ether oxygens (including phenoxy) is 1. The first-order valence-electron chi connectivity index (χ1n) is 12.4. The number of piperazine rings is 1. The normalized spacial score (nSPS) is 20.4. The predicted octanol–water partition coefficient (Wildman–Crippen LogP) is 2.58. The van der Waals surface area contributed by atoms with Crippen LogP contribution < -0.4 is 10.6 Å². The van der Waals surface area contributed by atoms with Gasteiger partial charge in [-0.1, -0.05) is 18.2 Å². The van der Waals surface area contributed by atoms with Gasteiger partial charge in [0.25, 0.3) is 0 Å². The molecule has 1 aromatic heterocycles. The maximum Gasteiger partial charge on any atom is 0.321 e. The van der Waals surface area contributed by atoms with E-state index in [1.54, 1.807) is 24.3 Å². The fraction of sp³-hybridized carbons (Fsp3) is 0.346. The van der Waals surface area contributed by atoms with Crippen molar-refractivity contribution in [3.63, 3.8) is 0 Å². The second kappa shape index (κ2) is 11.0. The van der Waals surface area contributed by atoms with Crippen molar-refractivity contribution < 1.29 is 27.1 Å². The highest BCUT2D eigenvalue weighted by molar-refractivity contribution is 7.89. The molecule has 3 amide bonds. The van der Waals surface area contributed by atoms with E-state index >= 15 is 0 Å². The number of hydrogen-bond donors (Lipinski definition) is 2. The number of aromatic nitrogens is 1. The Bertz CT molecular complexity index is 1420. The number of carbonyl (C=O) groups is 2. The number of para-hydroxylation sites is 1. The third-order valence-electron chi connectivity index (χ3n) is 6.73. The van der Waals surface area contributed by atoms with E-state index in [1.807, 2.05) is 0 Å². The topological polar surface area (TPSA) is 121 Å². The minimum Gasteiger partial charge on any atom is -0.376 e. The summed E-state index contributed by atoms with van der Waals surface area (Å²) in [4.78, 5) is 32.0. The second-order valence-corrected chi connectivity index (χ2v) is 11.1. The van der Waals surface area contributed by atoms with Crippen molar-refractivity contribution in [3.8, 4) is 0 Å². The van der Waals surface area contributed by atoms with Gasteiger partial charge in [-0.05, 0) is 49.2 Å². The Balaban J connectivity index is 1.40. The number of carbonyl (C=O) groups excluding carboxylic acids is 2. The highest BCUT2D eigenvalue weighted by atomic mass is 32.2. The van der Waals surface area contributed by atoms with E-state index in [9.17, 15) is 22.4 Å². The second-order valence-electron chi connectivity index (χ2n) is 9.23. The summed E-state index contributed by atoms with van der Waals surface area (Å²) < 4.78 is 47.8. The molecule has 2 aliphatic heterocycles. The van der Waals surface area contributed by atoms with Crippen LogP contribution >= 0.6 is 0 Å². The zero-order chi connectivity index (χ0) is 26.7. The molecule has 12 heteroatoms. The lowest BCUT2D eigenvalue weighted by molar-refractivity contribution is -0.126. The number of rotatable bonds is 6. The zero-order valence-electron chi connectivity index (χ0n) is 20.5. The molecule has 2 aliphatic rings. The number of fused-ring (bicyclic) bond motifs is 1. The lowest BCUT2D eigenvalue weighted by Crippen LogP contribution is -2.62. The zero-order valence-corrected chi connectivity index (χ0v) is 21.4. The largest absolute Gasteiger partial charge is 0.376 e. The summed E-state index contributed by atoms with van der Waals surface area (Å²) in [5.74, 6) is -0.954. The molecule has 2 N–H and O–H groups in total.